The van der Waals surface area contributed by atoms with E-state index in [0.717, 1.165) is 11.3 Å². The zero-order valence-corrected chi connectivity index (χ0v) is 21.8. The third kappa shape index (κ3) is 6.82. The Morgan fingerprint density at radius 2 is 1.86 bits per heavy atom. The van der Waals surface area contributed by atoms with E-state index in [1.165, 1.54) is 0 Å². The molecule has 7 nitrogen and oxygen atoms in total. The van der Waals surface area contributed by atoms with Gasteiger partial charge in [0.25, 0.3) is 0 Å². The minimum atomic E-state index is -0.879. The quantitative estimate of drug-likeness (QED) is 0.486. The predicted octanol–water partition coefficient (Wildman–Crippen LogP) is 3.82. The number of benzene rings is 2. The summed E-state index contributed by atoms with van der Waals surface area (Å²) < 4.78 is 0. The molecule has 190 valence electrons. The summed E-state index contributed by atoms with van der Waals surface area (Å²) in [4.78, 5) is 29.5. The summed E-state index contributed by atoms with van der Waals surface area (Å²) in [5.74, 6) is -0.571. The number of nitrogens with zero attached hydrogens (tertiary/aromatic N) is 2. The highest BCUT2D eigenvalue weighted by Gasteiger charge is 2.40. The number of amides is 2. The van der Waals surface area contributed by atoms with E-state index in [1.807, 2.05) is 75.1 Å². The molecule has 3 atom stereocenters. The van der Waals surface area contributed by atoms with Crippen LogP contribution in [0.3, 0.4) is 0 Å². The molecule has 0 spiro atoms. The predicted molar refractivity (Wildman–Crippen MR) is 142 cm³/mol. The minimum Gasteiger partial charge on any atom is -0.391 e. The molecule has 0 aromatic heterocycles. The van der Waals surface area contributed by atoms with Crippen molar-refractivity contribution in [2.75, 3.05) is 29.9 Å². The lowest BCUT2D eigenvalue weighted by Crippen LogP contribution is -2.64. The van der Waals surface area contributed by atoms with Crippen LogP contribution in [0.4, 0.5) is 11.4 Å². The first-order valence-electron chi connectivity index (χ1n) is 12.1. The summed E-state index contributed by atoms with van der Waals surface area (Å²) in [7, 11) is 0. The van der Waals surface area contributed by atoms with Crippen LogP contribution in [0.25, 0.3) is 0 Å². The van der Waals surface area contributed by atoms with Crippen molar-refractivity contribution in [3.63, 3.8) is 0 Å². The molecule has 1 heterocycles. The van der Waals surface area contributed by atoms with Gasteiger partial charge in [-0.1, -0.05) is 48.4 Å². The van der Waals surface area contributed by atoms with Crippen molar-refractivity contribution in [2.45, 2.75) is 58.2 Å². The fourth-order valence-electron chi connectivity index (χ4n) is 4.42. The molecule has 0 radical (unpaired) electrons. The summed E-state index contributed by atoms with van der Waals surface area (Å²) >= 11 is 6.33. The number of aryl methyl sites for hydroxylation is 1. The number of halogens is 1. The Labute approximate surface area is 213 Å². The topological polar surface area (TPSA) is 98.9 Å². The van der Waals surface area contributed by atoms with Crippen LogP contribution in [0.1, 0.15) is 39.2 Å². The monoisotopic (exact) mass is 500 g/mol. The molecule has 1 aliphatic heterocycles. The molecule has 0 saturated carbocycles. The number of anilines is 2. The smallest absolute Gasteiger partial charge is 0.241 e. The second-order valence-corrected chi connectivity index (χ2v) is 10.5. The molecule has 2 amide bonds. The van der Waals surface area contributed by atoms with E-state index in [2.05, 4.69) is 5.32 Å². The van der Waals surface area contributed by atoms with Gasteiger partial charge in [0.1, 0.15) is 0 Å². The summed E-state index contributed by atoms with van der Waals surface area (Å²) in [6, 6.07) is 14.3. The van der Waals surface area contributed by atoms with Crippen LogP contribution in [-0.2, 0) is 9.59 Å². The van der Waals surface area contributed by atoms with Crippen molar-refractivity contribution in [2.24, 2.45) is 11.7 Å². The summed E-state index contributed by atoms with van der Waals surface area (Å²) in [5.41, 5.74) is 8.55. The molecule has 0 aliphatic carbocycles. The molecule has 35 heavy (non-hydrogen) atoms. The number of aliphatic hydroxyl groups excluding tert-OH is 1. The van der Waals surface area contributed by atoms with Crippen LogP contribution in [0, 0.1) is 12.8 Å². The molecule has 8 heteroatoms. The Morgan fingerprint density at radius 1 is 1.20 bits per heavy atom. The molecule has 1 saturated heterocycles. The number of nitrogens with one attached hydrogen (secondary N) is 1. The maximum absolute atomic E-state index is 13.0. The summed E-state index contributed by atoms with van der Waals surface area (Å²) in [6.07, 6.45) is -0.0399. The van der Waals surface area contributed by atoms with E-state index in [-0.39, 0.29) is 36.2 Å². The second kappa shape index (κ2) is 11.5. The van der Waals surface area contributed by atoms with Gasteiger partial charge in [0, 0.05) is 36.3 Å². The van der Waals surface area contributed by atoms with E-state index < -0.39 is 12.1 Å². The zero-order chi connectivity index (χ0) is 25.8. The molecular weight excluding hydrogens is 464 g/mol. The lowest BCUT2D eigenvalue weighted by molar-refractivity contribution is -0.124. The van der Waals surface area contributed by atoms with Crippen molar-refractivity contribution in [3.05, 3.63) is 59.1 Å². The second-order valence-electron chi connectivity index (χ2n) is 10.1. The maximum atomic E-state index is 13.0. The fraction of sp³-hybridized carbons (Fsp3) is 0.481. The van der Waals surface area contributed by atoms with E-state index in [1.54, 1.807) is 11.0 Å². The normalized spacial score (nSPS) is 18.7. The highest BCUT2D eigenvalue weighted by molar-refractivity contribution is 6.33. The van der Waals surface area contributed by atoms with Gasteiger partial charge in [-0.2, -0.15) is 0 Å². The number of hydrogen-bond donors (Lipinski definition) is 3. The third-order valence-corrected chi connectivity index (χ3v) is 7.13. The molecule has 4 N–H and O–H groups in total. The maximum Gasteiger partial charge on any atom is 0.241 e. The zero-order valence-electron chi connectivity index (χ0n) is 21.0. The highest BCUT2D eigenvalue weighted by Crippen LogP contribution is 2.31. The lowest BCUT2D eigenvalue weighted by atomic mass is 9.92. The first-order valence-corrected chi connectivity index (χ1v) is 12.5. The van der Waals surface area contributed by atoms with E-state index in [0.29, 0.717) is 30.2 Å². The van der Waals surface area contributed by atoms with Gasteiger partial charge < -0.3 is 21.1 Å². The Balaban J connectivity index is 1.60. The summed E-state index contributed by atoms with van der Waals surface area (Å²) in [5, 5.41) is 14.3. The Kier molecular flexibility index (Phi) is 8.94. The molecule has 1 aliphatic rings. The number of hydrogen-bond acceptors (Lipinski definition) is 5. The van der Waals surface area contributed by atoms with Gasteiger partial charge in [-0.05, 0) is 57.9 Å². The molecule has 2 aromatic carbocycles. The van der Waals surface area contributed by atoms with Crippen molar-refractivity contribution >= 4 is 34.8 Å². The molecule has 0 unspecified atom stereocenters. The highest BCUT2D eigenvalue weighted by atomic mass is 35.5. The van der Waals surface area contributed by atoms with E-state index in [4.69, 9.17) is 17.3 Å². The van der Waals surface area contributed by atoms with Crippen molar-refractivity contribution in [3.8, 4) is 0 Å². The Hall–Kier alpha value is -2.45. The van der Waals surface area contributed by atoms with Crippen molar-refractivity contribution < 1.29 is 14.7 Å². The molecule has 2 aromatic rings. The molecule has 3 rings (SSSR count). The number of rotatable bonds is 9. The average Bonchev–Trinajstić information content (AvgIpc) is 2.81. The number of para-hydroxylation sites is 1. The first-order chi connectivity index (χ1) is 16.5. The van der Waals surface area contributed by atoms with Gasteiger partial charge in [-0.15, -0.1) is 0 Å². The van der Waals surface area contributed by atoms with Crippen LogP contribution >= 0.6 is 11.6 Å². The van der Waals surface area contributed by atoms with Gasteiger partial charge in [0.15, 0.2) is 0 Å². The van der Waals surface area contributed by atoms with Gasteiger partial charge in [0.2, 0.25) is 11.8 Å². The Morgan fingerprint density at radius 3 is 2.49 bits per heavy atom. The first kappa shape index (κ1) is 27.1. The number of carbonyl (C=O) groups excluding carboxylic acids is 2. The third-order valence-electron chi connectivity index (χ3n) is 6.81. The van der Waals surface area contributed by atoms with Crippen LogP contribution in [0.15, 0.2) is 48.5 Å². The van der Waals surface area contributed by atoms with Crippen molar-refractivity contribution in [1.29, 1.82) is 0 Å². The Bertz CT molecular complexity index is 1030. The number of nitrogens with two attached hydrogens (primary N) is 1. The number of carbonyl (C=O) groups is 2. The summed E-state index contributed by atoms with van der Waals surface area (Å²) in [6.45, 7) is 8.97. The van der Waals surface area contributed by atoms with Crippen LogP contribution in [0.2, 0.25) is 5.02 Å². The van der Waals surface area contributed by atoms with Gasteiger partial charge in [-0.25, -0.2) is 0 Å². The molecule has 0 bridgehead atoms. The standard InChI is InChI=1S/C27H37ClN4O3/c1-5-19(26(35)30-20-12-10-18(2)11-13-20)14-24(33)22(29)15-31-16-25(34)32(17-27(31,3)4)23-9-7-6-8-21(23)28/h6-13,19,22,24,33H,5,14-17,29H2,1-4H3,(H,30,35)/t19-,22+,24+/m1/s1. The van der Waals surface area contributed by atoms with Gasteiger partial charge >= 0.3 is 0 Å². The number of piperazine rings is 1. The fourth-order valence-corrected chi connectivity index (χ4v) is 4.66. The van der Waals surface area contributed by atoms with Crippen LogP contribution in [-0.4, -0.2) is 59.1 Å². The van der Waals surface area contributed by atoms with E-state index >= 15 is 0 Å². The minimum absolute atomic E-state index is 0.0666. The largest absolute Gasteiger partial charge is 0.391 e. The number of aliphatic hydroxyl groups is 1. The van der Waals surface area contributed by atoms with Crippen molar-refractivity contribution in [1.82, 2.24) is 4.90 Å². The van der Waals surface area contributed by atoms with Crippen LogP contribution in [0.5, 0.6) is 0 Å². The molecule has 1 fully saturated rings. The lowest BCUT2D eigenvalue weighted by Gasteiger charge is -2.47. The van der Waals surface area contributed by atoms with Crippen LogP contribution < -0.4 is 16.0 Å². The van der Waals surface area contributed by atoms with E-state index in [9.17, 15) is 14.7 Å². The molecular formula is C27H37ClN4O3. The average molecular weight is 501 g/mol. The van der Waals surface area contributed by atoms with Gasteiger partial charge in [0.05, 0.1) is 23.4 Å². The van der Waals surface area contributed by atoms with Gasteiger partial charge in [-0.3, -0.25) is 14.5 Å². The SMILES string of the molecule is CC[C@H](C[C@H](O)[C@@H](N)CN1CC(=O)N(c2ccccc2Cl)CC1(C)C)C(=O)Nc1ccc(C)cc1.